The second-order valence-corrected chi connectivity index (χ2v) is 3.07. The Kier molecular flexibility index (Phi) is 5.70. The first kappa shape index (κ1) is 9.96. The summed E-state index contributed by atoms with van der Waals surface area (Å²) in [5.74, 6) is 1.51. The second kappa shape index (κ2) is 5.72. The fourth-order valence-corrected chi connectivity index (χ4v) is 1.05. The van der Waals surface area contributed by atoms with Gasteiger partial charge in [0.05, 0.1) is 0 Å². The van der Waals surface area contributed by atoms with Gasteiger partial charge in [-0.1, -0.05) is 27.2 Å². The molecule has 0 spiro atoms. The average molecular weight is 144 g/mol. The van der Waals surface area contributed by atoms with Crippen LogP contribution >= 0.6 is 0 Å². The van der Waals surface area contributed by atoms with Gasteiger partial charge in [0.15, 0.2) is 0 Å². The molecule has 0 heterocycles. The quantitative estimate of drug-likeness (QED) is 0.576. The number of ether oxygens (including phenoxy) is 1. The average Bonchev–Trinajstić information content (AvgIpc) is 1.89. The van der Waals surface area contributed by atoms with Crippen LogP contribution < -0.4 is 0 Å². The summed E-state index contributed by atoms with van der Waals surface area (Å²) in [5.41, 5.74) is 0. The Balaban J connectivity index is 3.40. The molecule has 0 saturated heterocycles. The van der Waals surface area contributed by atoms with Crippen molar-refractivity contribution in [1.29, 1.82) is 0 Å². The highest BCUT2D eigenvalue weighted by Crippen LogP contribution is 2.14. The third-order valence-electron chi connectivity index (χ3n) is 2.00. The van der Waals surface area contributed by atoms with E-state index in [-0.39, 0.29) is 0 Å². The van der Waals surface area contributed by atoms with Crippen LogP contribution in [0, 0.1) is 11.8 Å². The lowest BCUT2D eigenvalue weighted by atomic mass is 9.94. The molecule has 10 heavy (non-hydrogen) atoms. The SMILES string of the molecule is CCOCC(CC)C(C)C. The maximum Gasteiger partial charge on any atom is 0.0496 e. The van der Waals surface area contributed by atoms with E-state index < -0.39 is 0 Å². The Morgan fingerprint density at radius 1 is 1.20 bits per heavy atom. The van der Waals surface area contributed by atoms with Crippen molar-refractivity contribution in [2.45, 2.75) is 34.1 Å². The van der Waals surface area contributed by atoms with E-state index in [1.54, 1.807) is 0 Å². The lowest BCUT2D eigenvalue weighted by Crippen LogP contribution is -2.14. The Morgan fingerprint density at radius 2 is 1.80 bits per heavy atom. The summed E-state index contributed by atoms with van der Waals surface area (Å²) in [5, 5.41) is 0. The van der Waals surface area contributed by atoms with Gasteiger partial charge in [-0.15, -0.1) is 0 Å². The number of rotatable bonds is 5. The van der Waals surface area contributed by atoms with Crippen LogP contribution in [0.5, 0.6) is 0 Å². The van der Waals surface area contributed by atoms with Crippen LogP contribution in [0.1, 0.15) is 34.1 Å². The highest BCUT2D eigenvalue weighted by Gasteiger charge is 2.09. The van der Waals surface area contributed by atoms with E-state index in [1.165, 1.54) is 6.42 Å². The summed E-state index contributed by atoms with van der Waals surface area (Å²) in [7, 11) is 0. The molecule has 1 atom stereocenters. The lowest BCUT2D eigenvalue weighted by molar-refractivity contribution is 0.0908. The third kappa shape index (κ3) is 3.89. The van der Waals surface area contributed by atoms with E-state index in [9.17, 15) is 0 Å². The van der Waals surface area contributed by atoms with Crippen molar-refractivity contribution in [2.24, 2.45) is 11.8 Å². The van der Waals surface area contributed by atoms with E-state index >= 15 is 0 Å². The Morgan fingerprint density at radius 3 is 2.10 bits per heavy atom. The van der Waals surface area contributed by atoms with E-state index in [0.717, 1.165) is 25.0 Å². The third-order valence-corrected chi connectivity index (χ3v) is 2.00. The van der Waals surface area contributed by atoms with E-state index in [2.05, 4.69) is 20.8 Å². The zero-order chi connectivity index (χ0) is 7.98. The minimum absolute atomic E-state index is 0.750. The van der Waals surface area contributed by atoms with Crippen LogP contribution in [0.2, 0.25) is 0 Å². The molecule has 0 rings (SSSR count). The minimum atomic E-state index is 0.750. The van der Waals surface area contributed by atoms with Crippen molar-refractivity contribution in [2.75, 3.05) is 13.2 Å². The second-order valence-electron chi connectivity index (χ2n) is 3.07. The zero-order valence-electron chi connectivity index (χ0n) is 7.68. The smallest absolute Gasteiger partial charge is 0.0496 e. The summed E-state index contributed by atoms with van der Waals surface area (Å²) in [6.07, 6.45) is 1.23. The van der Waals surface area contributed by atoms with Gasteiger partial charge < -0.3 is 4.74 Å². The minimum Gasteiger partial charge on any atom is -0.381 e. The molecule has 0 N–H and O–H groups in total. The Hall–Kier alpha value is -0.0400. The highest BCUT2D eigenvalue weighted by atomic mass is 16.5. The van der Waals surface area contributed by atoms with Gasteiger partial charge in [-0.2, -0.15) is 0 Å². The molecule has 0 radical (unpaired) electrons. The molecule has 1 unspecified atom stereocenters. The van der Waals surface area contributed by atoms with Gasteiger partial charge in [-0.3, -0.25) is 0 Å². The molecule has 0 bridgehead atoms. The fraction of sp³-hybridized carbons (Fsp3) is 1.00. The number of hydrogen-bond acceptors (Lipinski definition) is 1. The summed E-state index contributed by atoms with van der Waals surface area (Å²) in [6, 6.07) is 0. The maximum absolute atomic E-state index is 5.35. The van der Waals surface area contributed by atoms with Gasteiger partial charge in [0.1, 0.15) is 0 Å². The normalized spacial score (nSPS) is 14.1. The van der Waals surface area contributed by atoms with Crippen molar-refractivity contribution in [3.63, 3.8) is 0 Å². The summed E-state index contributed by atoms with van der Waals surface area (Å²) < 4.78 is 5.35. The van der Waals surface area contributed by atoms with Crippen molar-refractivity contribution in [1.82, 2.24) is 0 Å². The van der Waals surface area contributed by atoms with Crippen molar-refractivity contribution >= 4 is 0 Å². The van der Waals surface area contributed by atoms with Crippen LogP contribution in [-0.4, -0.2) is 13.2 Å². The van der Waals surface area contributed by atoms with Gasteiger partial charge >= 0.3 is 0 Å². The van der Waals surface area contributed by atoms with Crippen LogP contribution in [0.4, 0.5) is 0 Å². The fourth-order valence-electron chi connectivity index (χ4n) is 1.05. The van der Waals surface area contributed by atoms with Crippen LogP contribution in [0.3, 0.4) is 0 Å². The first-order chi connectivity index (χ1) is 4.72. The van der Waals surface area contributed by atoms with Crippen molar-refractivity contribution < 1.29 is 4.74 Å². The van der Waals surface area contributed by atoms with Gasteiger partial charge in [0.2, 0.25) is 0 Å². The van der Waals surface area contributed by atoms with E-state index in [0.29, 0.717) is 0 Å². The molecule has 1 heteroatoms. The lowest BCUT2D eigenvalue weighted by Gasteiger charge is -2.17. The van der Waals surface area contributed by atoms with Gasteiger partial charge in [-0.05, 0) is 18.8 Å². The van der Waals surface area contributed by atoms with Crippen LogP contribution in [0.15, 0.2) is 0 Å². The molecule has 0 aromatic carbocycles. The molecule has 1 nitrogen and oxygen atoms in total. The van der Waals surface area contributed by atoms with Crippen LogP contribution in [0.25, 0.3) is 0 Å². The van der Waals surface area contributed by atoms with Crippen molar-refractivity contribution in [3.05, 3.63) is 0 Å². The topological polar surface area (TPSA) is 9.23 Å². The predicted molar refractivity (Wildman–Crippen MR) is 45.1 cm³/mol. The van der Waals surface area contributed by atoms with Gasteiger partial charge in [0, 0.05) is 13.2 Å². The van der Waals surface area contributed by atoms with Gasteiger partial charge in [-0.25, -0.2) is 0 Å². The predicted octanol–water partition coefficient (Wildman–Crippen LogP) is 2.71. The van der Waals surface area contributed by atoms with E-state index in [4.69, 9.17) is 4.74 Å². The van der Waals surface area contributed by atoms with Crippen molar-refractivity contribution in [3.8, 4) is 0 Å². The molecule has 0 aliphatic heterocycles. The highest BCUT2D eigenvalue weighted by molar-refractivity contribution is 4.59. The molecule has 0 saturated carbocycles. The zero-order valence-corrected chi connectivity index (χ0v) is 7.68. The summed E-state index contributed by atoms with van der Waals surface area (Å²) >= 11 is 0. The Labute approximate surface area is 64.8 Å². The largest absolute Gasteiger partial charge is 0.381 e. The maximum atomic E-state index is 5.35. The Bertz CT molecular complexity index is 69.1. The molecule has 0 amide bonds. The molecule has 0 aromatic heterocycles. The molecule has 0 fully saturated rings. The first-order valence-electron chi connectivity index (χ1n) is 4.30. The monoisotopic (exact) mass is 144 g/mol. The van der Waals surface area contributed by atoms with Crippen LogP contribution in [-0.2, 0) is 4.74 Å². The molecular formula is C9H20O. The standard InChI is InChI=1S/C9H20O/c1-5-9(8(3)4)7-10-6-2/h8-9H,5-7H2,1-4H3. The van der Waals surface area contributed by atoms with Gasteiger partial charge in [0.25, 0.3) is 0 Å². The summed E-state index contributed by atoms with van der Waals surface area (Å²) in [4.78, 5) is 0. The number of hydrogen-bond donors (Lipinski definition) is 0. The molecular weight excluding hydrogens is 124 g/mol. The molecule has 0 aliphatic carbocycles. The first-order valence-corrected chi connectivity index (χ1v) is 4.30. The molecule has 0 aromatic rings. The summed E-state index contributed by atoms with van der Waals surface area (Å²) in [6.45, 7) is 10.6. The van der Waals surface area contributed by atoms with E-state index in [1.807, 2.05) is 6.92 Å². The molecule has 0 aliphatic rings. The molecule has 62 valence electrons.